The summed E-state index contributed by atoms with van der Waals surface area (Å²) in [6.45, 7) is 0. The Kier molecular flexibility index (Phi) is 4.73. The first-order valence-electron chi connectivity index (χ1n) is 7.99. The Morgan fingerprint density at radius 3 is 2.55 bits per heavy atom. The Labute approximate surface area is 177 Å². The molecule has 0 amide bonds. The number of halogens is 3. The summed E-state index contributed by atoms with van der Waals surface area (Å²) in [7, 11) is 0. The van der Waals surface area contributed by atoms with Gasteiger partial charge in [-0.05, 0) is 18.2 Å². The third-order valence-electron chi connectivity index (χ3n) is 4.03. The van der Waals surface area contributed by atoms with Gasteiger partial charge in [0.25, 0.3) is 5.69 Å². The largest absolute Gasteiger partial charge is 0.493 e. The highest BCUT2D eigenvalue weighted by Gasteiger charge is 2.28. The first-order chi connectivity index (χ1) is 13.7. The fraction of sp³-hybridized carbons (Fsp3) is 0.0588. The summed E-state index contributed by atoms with van der Waals surface area (Å²) in [4.78, 5) is 21.6. The van der Waals surface area contributed by atoms with Gasteiger partial charge < -0.3 is 10.1 Å². The molecule has 12 heteroatoms. The second kappa shape index (κ2) is 7.11. The topological polar surface area (TPSA) is 130 Å². The van der Waals surface area contributed by atoms with Crippen molar-refractivity contribution >= 4 is 73.8 Å². The van der Waals surface area contributed by atoms with E-state index < -0.39 is 8.72 Å². The van der Waals surface area contributed by atoms with Crippen molar-refractivity contribution in [3.63, 3.8) is 0 Å². The van der Waals surface area contributed by atoms with Gasteiger partial charge in [0.1, 0.15) is 0 Å². The van der Waals surface area contributed by atoms with Gasteiger partial charge in [-0.3, -0.25) is 10.1 Å². The summed E-state index contributed by atoms with van der Waals surface area (Å²) in [6.07, 6.45) is 0. The smallest absolute Gasteiger partial charge is 0.270 e. The lowest BCUT2D eigenvalue weighted by Gasteiger charge is -2.10. The zero-order valence-electron chi connectivity index (χ0n) is 14.2. The van der Waals surface area contributed by atoms with Crippen molar-refractivity contribution in [2.45, 2.75) is 3.79 Å². The maximum atomic E-state index is 11.0. The molecule has 0 unspecified atom stereocenters. The summed E-state index contributed by atoms with van der Waals surface area (Å²) in [5.41, 5.74) is 0.800. The highest BCUT2D eigenvalue weighted by Crippen LogP contribution is 2.40. The molecule has 29 heavy (non-hydrogen) atoms. The number of nitrogens with one attached hydrogen (secondary N) is 1. The van der Waals surface area contributed by atoms with Gasteiger partial charge in [0.2, 0.25) is 9.67 Å². The molecule has 9 nitrogen and oxygen atoms in total. The Morgan fingerprint density at radius 2 is 1.83 bits per heavy atom. The van der Waals surface area contributed by atoms with E-state index in [9.17, 15) is 15.2 Å². The third kappa shape index (κ3) is 3.67. The number of nitro benzene ring substituents is 1. The van der Waals surface area contributed by atoms with Crippen molar-refractivity contribution in [2.75, 3.05) is 0 Å². The third-order valence-corrected chi connectivity index (χ3v) is 4.53. The summed E-state index contributed by atoms with van der Waals surface area (Å²) in [5, 5.41) is 30.2. The molecule has 0 saturated heterocycles. The average molecular weight is 452 g/mol. The molecule has 0 aliphatic heterocycles. The standard InChI is InChI=1S/C17H9Cl3N6O3/c18-17(19,20)16-22-11-4-2-1-3-9(11)14(23-16)25-24-13-10-7-8(26(28)29)5-6-12(10)21-15(13)27/h1-7,21,27H. The molecule has 0 fully saturated rings. The van der Waals surface area contributed by atoms with Crippen molar-refractivity contribution in [2.24, 2.45) is 10.2 Å². The van der Waals surface area contributed by atoms with Crippen LogP contribution in [-0.4, -0.2) is 25.0 Å². The maximum Gasteiger partial charge on any atom is 0.270 e. The van der Waals surface area contributed by atoms with Gasteiger partial charge in [-0.15, -0.1) is 10.2 Å². The summed E-state index contributed by atoms with van der Waals surface area (Å²) in [5.74, 6) is -0.283. The number of aromatic nitrogens is 3. The normalized spacial score (nSPS) is 12.2. The van der Waals surface area contributed by atoms with Gasteiger partial charge >= 0.3 is 0 Å². The van der Waals surface area contributed by atoms with Crippen LogP contribution >= 0.6 is 34.8 Å². The van der Waals surface area contributed by atoms with Crippen LogP contribution in [0.5, 0.6) is 5.88 Å². The molecule has 0 aliphatic rings. The SMILES string of the molecule is O=[N+]([O-])c1ccc2[nH]c(O)c(N=Nc3nc(C(Cl)(Cl)Cl)nc4ccccc34)c2c1. The molecule has 0 bridgehead atoms. The Bertz CT molecular complexity index is 1300. The molecule has 2 N–H and O–H groups in total. The number of hydrogen-bond donors (Lipinski definition) is 2. The van der Waals surface area contributed by atoms with Crippen LogP contribution in [0.4, 0.5) is 17.2 Å². The first-order valence-corrected chi connectivity index (χ1v) is 9.12. The minimum atomic E-state index is -1.88. The molecule has 4 rings (SSSR count). The minimum Gasteiger partial charge on any atom is -0.493 e. The zero-order chi connectivity index (χ0) is 20.8. The maximum absolute atomic E-state index is 11.0. The Balaban J connectivity index is 1.88. The number of aromatic hydroxyl groups is 1. The predicted molar refractivity (Wildman–Crippen MR) is 110 cm³/mol. The average Bonchev–Trinajstić information content (AvgIpc) is 2.99. The lowest BCUT2D eigenvalue weighted by Crippen LogP contribution is -2.07. The number of fused-ring (bicyclic) bond motifs is 2. The molecular formula is C17H9Cl3N6O3. The molecule has 2 aromatic heterocycles. The number of para-hydroxylation sites is 1. The molecule has 2 aromatic carbocycles. The van der Waals surface area contributed by atoms with E-state index in [1.807, 2.05) is 0 Å². The highest BCUT2D eigenvalue weighted by atomic mass is 35.6. The van der Waals surface area contributed by atoms with Crippen LogP contribution in [0.1, 0.15) is 5.82 Å². The van der Waals surface area contributed by atoms with Crippen LogP contribution in [0.2, 0.25) is 0 Å². The van der Waals surface area contributed by atoms with E-state index in [2.05, 4.69) is 25.2 Å². The number of H-pyrrole nitrogens is 1. The first kappa shape index (κ1) is 19.3. The van der Waals surface area contributed by atoms with Gasteiger partial charge in [0.05, 0.1) is 16.0 Å². The summed E-state index contributed by atoms with van der Waals surface area (Å²) in [6, 6.07) is 11.0. The minimum absolute atomic E-state index is 0.0156. The van der Waals surface area contributed by atoms with Gasteiger partial charge in [-0.1, -0.05) is 46.9 Å². The van der Waals surface area contributed by atoms with Crippen molar-refractivity contribution in [3.05, 3.63) is 58.4 Å². The summed E-state index contributed by atoms with van der Waals surface area (Å²) < 4.78 is -1.88. The zero-order valence-corrected chi connectivity index (χ0v) is 16.4. The van der Waals surface area contributed by atoms with Crippen molar-refractivity contribution < 1.29 is 10.0 Å². The van der Waals surface area contributed by atoms with Crippen LogP contribution in [0.25, 0.3) is 21.8 Å². The quantitative estimate of drug-likeness (QED) is 0.171. The predicted octanol–water partition coefficient (Wildman–Crippen LogP) is 5.97. The number of nitro groups is 1. The lowest BCUT2D eigenvalue weighted by atomic mass is 10.2. The Morgan fingerprint density at radius 1 is 1.07 bits per heavy atom. The Hall–Kier alpha value is -3.01. The number of azo groups is 1. The highest BCUT2D eigenvalue weighted by molar-refractivity contribution is 6.66. The number of benzene rings is 2. The van der Waals surface area contributed by atoms with E-state index in [-0.39, 0.29) is 28.9 Å². The monoisotopic (exact) mass is 450 g/mol. The van der Waals surface area contributed by atoms with Crippen LogP contribution in [0.3, 0.4) is 0 Å². The van der Waals surface area contributed by atoms with Gasteiger partial charge in [-0.25, -0.2) is 9.97 Å². The number of alkyl halides is 3. The molecular weight excluding hydrogens is 443 g/mol. The van der Waals surface area contributed by atoms with E-state index in [0.717, 1.165) is 0 Å². The molecule has 0 spiro atoms. The number of rotatable bonds is 3. The molecule has 0 saturated carbocycles. The van der Waals surface area contributed by atoms with E-state index in [1.165, 1.54) is 18.2 Å². The summed E-state index contributed by atoms with van der Waals surface area (Å²) >= 11 is 17.7. The molecule has 0 radical (unpaired) electrons. The molecule has 2 heterocycles. The van der Waals surface area contributed by atoms with Crippen molar-refractivity contribution in [1.29, 1.82) is 0 Å². The van der Waals surface area contributed by atoms with Gasteiger partial charge in [0.15, 0.2) is 17.3 Å². The van der Waals surface area contributed by atoms with Crippen LogP contribution < -0.4 is 0 Å². The molecule has 4 aromatic rings. The molecule has 0 atom stereocenters. The fourth-order valence-electron chi connectivity index (χ4n) is 2.73. The lowest BCUT2D eigenvalue weighted by molar-refractivity contribution is -0.384. The van der Waals surface area contributed by atoms with Crippen molar-refractivity contribution in [1.82, 2.24) is 15.0 Å². The van der Waals surface area contributed by atoms with Gasteiger partial charge in [0, 0.05) is 22.9 Å². The number of hydrogen-bond acceptors (Lipinski definition) is 7. The van der Waals surface area contributed by atoms with Gasteiger partial charge in [-0.2, -0.15) is 0 Å². The second-order valence-corrected chi connectivity index (χ2v) is 8.18. The molecule has 0 aliphatic carbocycles. The van der Waals surface area contributed by atoms with Crippen LogP contribution in [0.15, 0.2) is 52.7 Å². The number of aromatic amines is 1. The van der Waals surface area contributed by atoms with Crippen molar-refractivity contribution in [3.8, 4) is 5.88 Å². The van der Waals surface area contributed by atoms with E-state index in [0.29, 0.717) is 21.8 Å². The number of non-ortho nitro benzene ring substituents is 1. The van der Waals surface area contributed by atoms with E-state index in [1.54, 1.807) is 24.3 Å². The van der Waals surface area contributed by atoms with E-state index in [4.69, 9.17) is 34.8 Å². The van der Waals surface area contributed by atoms with E-state index >= 15 is 0 Å². The second-order valence-electron chi connectivity index (χ2n) is 5.89. The van der Waals surface area contributed by atoms with Crippen LogP contribution in [-0.2, 0) is 3.79 Å². The number of nitrogens with zero attached hydrogens (tertiary/aromatic N) is 5. The fourth-order valence-corrected chi connectivity index (χ4v) is 2.98. The molecule has 146 valence electrons. The van der Waals surface area contributed by atoms with Crippen LogP contribution in [0, 0.1) is 10.1 Å².